The van der Waals surface area contributed by atoms with Crippen LogP contribution >= 0.6 is 46.3 Å². The number of benzene rings is 2. The molecule has 54 heavy (non-hydrogen) atoms. The Balaban J connectivity index is 1.14. The molecule has 4 heterocycles. The summed E-state index contributed by atoms with van der Waals surface area (Å²) >= 11 is 15.0. The van der Waals surface area contributed by atoms with E-state index >= 15 is 0 Å². The van der Waals surface area contributed by atoms with E-state index in [4.69, 9.17) is 33.8 Å². The van der Waals surface area contributed by atoms with Gasteiger partial charge in [-0.15, -0.1) is 23.1 Å². The first-order valence-electron chi connectivity index (χ1n) is 16.3. The number of β-lactam (4-membered cyclic amide) rings is 1. The van der Waals surface area contributed by atoms with Gasteiger partial charge in [0.2, 0.25) is 5.60 Å². The fourth-order valence-corrected chi connectivity index (χ4v) is 8.74. The number of aliphatic carboxylic acids is 2. The average Bonchev–Trinajstić information content (AvgIpc) is 3.56. The van der Waals surface area contributed by atoms with Crippen LogP contribution in [0.3, 0.4) is 0 Å². The van der Waals surface area contributed by atoms with Crippen molar-refractivity contribution >= 4 is 87.0 Å². The van der Waals surface area contributed by atoms with Gasteiger partial charge < -0.3 is 40.8 Å². The molecular weight excluding hydrogens is 783 g/mol. The highest BCUT2D eigenvalue weighted by Crippen LogP contribution is 2.47. The second-order valence-electron chi connectivity index (χ2n) is 13.7. The maximum Gasteiger partial charge on any atom is 0.352 e. The van der Waals surface area contributed by atoms with Crippen LogP contribution in [0.5, 0.6) is 11.5 Å². The molecule has 0 bridgehead atoms. The van der Waals surface area contributed by atoms with Gasteiger partial charge in [-0.05, 0) is 30.5 Å². The van der Waals surface area contributed by atoms with E-state index in [9.17, 15) is 39.6 Å². The highest BCUT2D eigenvalue weighted by atomic mass is 35.5. The number of carboxylic acids is 2. The lowest BCUT2D eigenvalue weighted by atomic mass is 9.96. The van der Waals surface area contributed by atoms with Crippen LogP contribution in [0.4, 0.5) is 5.13 Å². The van der Waals surface area contributed by atoms with Crippen LogP contribution in [-0.4, -0.2) is 101 Å². The number of hydrogen-bond donors (Lipinski definition) is 6. The Morgan fingerprint density at radius 3 is 2.41 bits per heavy atom. The first-order chi connectivity index (χ1) is 25.4. The molecule has 1 saturated heterocycles. The molecule has 7 N–H and O–H groups in total. The van der Waals surface area contributed by atoms with E-state index in [-0.39, 0.29) is 32.3 Å². The van der Waals surface area contributed by atoms with Crippen LogP contribution in [0.2, 0.25) is 10.0 Å². The monoisotopic (exact) mass is 817 g/mol. The second kappa shape index (κ2) is 14.8. The molecule has 0 spiro atoms. The molecule has 1 aromatic heterocycles. The number of thiazole rings is 1. The van der Waals surface area contributed by atoms with Gasteiger partial charge in [-0.3, -0.25) is 14.5 Å². The summed E-state index contributed by atoms with van der Waals surface area (Å²) in [6, 6.07) is 6.64. The number of oxime groups is 1. The molecule has 15 nitrogen and oxygen atoms in total. The fraction of sp³-hybridized carbons (Fsp3) is 0.314. The van der Waals surface area contributed by atoms with Crippen LogP contribution in [0.1, 0.15) is 41.8 Å². The highest BCUT2D eigenvalue weighted by molar-refractivity contribution is 8.00. The van der Waals surface area contributed by atoms with Crippen molar-refractivity contribution in [3.05, 3.63) is 85.0 Å². The number of fused-ring (bicyclic) bond motifs is 2. The van der Waals surface area contributed by atoms with Crippen molar-refractivity contribution in [1.29, 1.82) is 0 Å². The Morgan fingerprint density at radius 1 is 1.13 bits per heavy atom. The number of aromatic hydroxyl groups is 2. The number of phenols is 2. The first-order valence-corrected chi connectivity index (χ1v) is 19.0. The Labute approximate surface area is 326 Å². The summed E-state index contributed by atoms with van der Waals surface area (Å²) in [6.07, 6.45) is 3.99. The third-order valence-electron chi connectivity index (χ3n) is 9.34. The van der Waals surface area contributed by atoms with Crippen molar-refractivity contribution in [1.82, 2.24) is 15.2 Å². The summed E-state index contributed by atoms with van der Waals surface area (Å²) in [5.41, 5.74) is 7.03. The van der Waals surface area contributed by atoms with Crippen molar-refractivity contribution in [2.75, 3.05) is 25.1 Å². The minimum atomic E-state index is -1.78. The van der Waals surface area contributed by atoms with Crippen molar-refractivity contribution in [3.8, 4) is 11.5 Å². The molecule has 19 heteroatoms. The van der Waals surface area contributed by atoms with Crippen molar-refractivity contribution in [2.24, 2.45) is 5.16 Å². The van der Waals surface area contributed by atoms with E-state index in [1.807, 2.05) is 24.3 Å². The van der Waals surface area contributed by atoms with E-state index < -0.39 is 58.0 Å². The van der Waals surface area contributed by atoms with Crippen LogP contribution in [0.15, 0.2) is 52.1 Å². The molecule has 3 aliphatic rings. The van der Waals surface area contributed by atoms with Crippen molar-refractivity contribution < 1.29 is 48.9 Å². The maximum atomic E-state index is 13.4. The number of quaternary nitrogens is 1. The Hall–Kier alpha value is -4.81. The quantitative estimate of drug-likeness (QED) is 0.0527. The van der Waals surface area contributed by atoms with E-state index in [2.05, 4.69) is 22.5 Å². The molecule has 0 aliphatic carbocycles. The van der Waals surface area contributed by atoms with Gasteiger partial charge in [-0.25, -0.2) is 14.6 Å². The zero-order chi connectivity index (χ0) is 39.3. The van der Waals surface area contributed by atoms with Gasteiger partial charge >= 0.3 is 11.9 Å². The van der Waals surface area contributed by atoms with E-state index in [1.165, 1.54) is 31.0 Å². The highest BCUT2D eigenvalue weighted by Gasteiger charge is 2.54. The third kappa shape index (κ3) is 7.46. The largest absolute Gasteiger partial charge is 0.503 e. The Kier molecular flexibility index (Phi) is 10.7. The number of amides is 2. The molecular formula is C35H35Cl2N6O9S2+. The number of carboxylic acid groups (broad SMARTS) is 2. The molecule has 2 amide bonds. The van der Waals surface area contributed by atoms with E-state index in [0.29, 0.717) is 35.1 Å². The number of carbonyl (C=O) groups excluding carboxylic acids is 2. The molecule has 6 rings (SSSR count). The Bertz CT molecular complexity index is 2170. The molecule has 2 aromatic carbocycles. The standard InChI is InChI=1S/C35H34Cl2N6O9S2/c1-35(2,33(50)51)52-41-24(21-15-54-34(38)39-21)29(46)40-25-30(47)42-26(32(48)49)18(14-53-31(25)42)9-8-16-4-6-17(7-5-16)12-43(3)11-10-19-20(13-43)23(37)28(45)27(44)22(19)36/h4-9,15,25,31H,10-14H2,1-3H3,(H6-,38,39,40,41,44,45,46,48,49,50,51)/p+1/b9-8+/t25-,31-,43?/m1/s1. The van der Waals surface area contributed by atoms with Gasteiger partial charge in [-0.2, -0.15) is 0 Å². The lowest BCUT2D eigenvalue weighted by molar-refractivity contribution is -0.937. The number of nitrogens with zero attached hydrogens (tertiary/aromatic N) is 4. The van der Waals surface area contributed by atoms with Gasteiger partial charge in [0.1, 0.15) is 35.9 Å². The zero-order valence-corrected chi connectivity index (χ0v) is 32.1. The summed E-state index contributed by atoms with van der Waals surface area (Å²) in [5, 5.41) is 47.2. The molecule has 1 unspecified atom stereocenters. The first kappa shape index (κ1) is 38.9. The molecule has 1 fully saturated rings. The predicted molar refractivity (Wildman–Crippen MR) is 203 cm³/mol. The molecule has 284 valence electrons. The fourth-order valence-electron chi connectivity index (χ4n) is 6.31. The number of nitrogen functional groups attached to an aromatic ring is 1. The van der Waals surface area contributed by atoms with Crippen molar-refractivity contribution in [2.45, 2.75) is 50.4 Å². The number of anilines is 1. The minimum absolute atomic E-state index is 0.00837. The number of rotatable bonds is 11. The Morgan fingerprint density at radius 2 is 1.80 bits per heavy atom. The number of aromatic nitrogens is 1. The third-order valence-corrected chi connectivity index (χ3v) is 12.1. The second-order valence-corrected chi connectivity index (χ2v) is 16.5. The number of likely N-dealkylation sites (N-methyl/N-ethyl adjacent to an activating group) is 1. The predicted octanol–water partition coefficient (Wildman–Crippen LogP) is 4.18. The summed E-state index contributed by atoms with van der Waals surface area (Å²) in [5.74, 6) is -4.77. The van der Waals surface area contributed by atoms with Gasteiger partial charge in [0.05, 0.1) is 23.6 Å². The summed E-state index contributed by atoms with van der Waals surface area (Å²) in [7, 11) is 2.08. The summed E-state index contributed by atoms with van der Waals surface area (Å²) in [6.45, 7) is 4.37. The van der Waals surface area contributed by atoms with Gasteiger partial charge in [0.15, 0.2) is 22.3 Å². The number of hydrogen-bond acceptors (Lipinski definition) is 12. The van der Waals surface area contributed by atoms with Crippen LogP contribution in [0.25, 0.3) is 6.08 Å². The normalized spacial score (nSPS) is 21.4. The van der Waals surface area contributed by atoms with Gasteiger partial charge in [0, 0.05) is 28.7 Å². The number of halogens is 2. The van der Waals surface area contributed by atoms with Crippen LogP contribution in [-0.2, 0) is 43.5 Å². The van der Waals surface area contributed by atoms with E-state index in [0.717, 1.165) is 39.5 Å². The minimum Gasteiger partial charge on any atom is -0.503 e. The van der Waals surface area contributed by atoms with Gasteiger partial charge in [0.25, 0.3) is 11.8 Å². The molecule has 0 saturated carbocycles. The number of thioether (sulfide) groups is 1. The number of nitrogens with two attached hydrogens (primary N) is 1. The number of phenolic OH excluding ortho intramolecular Hbond substituents is 2. The zero-order valence-electron chi connectivity index (χ0n) is 29.0. The molecule has 3 aliphatic heterocycles. The van der Waals surface area contributed by atoms with Gasteiger partial charge in [-0.1, -0.05) is 64.8 Å². The number of allylic oxidation sites excluding steroid dienone is 1. The average molecular weight is 819 g/mol. The topological polar surface area (TPSA) is 225 Å². The summed E-state index contributed by atoms with van der Waals surface area (Å²) < 4.78 is 0.589. The number of carbonyl (C=O) groups is 4. The molecule has 3 atom stereocenters. The lowest BCUT2D eigenvalue weighted by Crippen LogP contribution is -2.71. The van der Waals surface area contributed by atoms with Crippen LogP contribution in [0, 0.1) is 0 Å². The SMILES string of the molecule is CC(C)(O/N=C(\C(=O)N[C@@H]1C(=O)N2C(C(=O)O)=C(/C=C/c3ccc(C[N+]4(C)CCc5c(Cl)c(O)c(O)c(Cl)c5C4)cc3)CS[C@H]12)c1csc(N)n1)C(=O)O. The smallest absolute Gasteiger partial charge is 0.352 e. The molecule has 0 radical (unpaired) electrons. The van der Waals surface area contributed by atoms with Crippen molar-refractivity contribution in [3.63, 3.8) is 0 Å². The summed E-state index contributed by atoms with van der Waals surface area (Å²) in [4.78, 5) is 61.0. The van der Waals surface area contributed by atoms with Crippen LogP contribution < -0.4 is 11.1 Å². The van der Waals surface area contributed by atoms with E-state index in [1.54, 1.807) is 12.2 Å². The maximum absolute atomic E-state index is 13.4. The number of nitrogens with one attached hydrogen (secondary N) is 1. The lowest BCUT2D eigenvalue weighted by Gasteiger charge is -2.49. The molecule has 3 aromatic rings.